The number of benzene rings is 3. The van der Waals surface area contributed by atoms with Crippen molar-refractivity contribution in [2.24, 2.45) is 11.8 Å². The lowest BCUT2D eigenvalue weighted by molar-refractivity contribution is -0.136. The Labute approximate surface area is 389 Å². The SMILES string of the molecule is COC(=O)N[C@H](C(=O)N1CCC[C@H]1c1nc2cc(C3CC[C@H](c4cc5[nH]c([C@@H]6CCCN6C(=O)[C@@H](NC(=O)OC)C(C)C)nc5cc4F)N3c3ccc(C(C)(C)C)cc3)c(F)cc2[nH]1)C(C)C. The number of anilines is 1. The molecule has 67 heavy (non-hydrogen) atoms. The molecular formula is C50H63F2N9O6. The fourth-order valence-electron chi connectivity index (χ4n) is 10.3. The molecule has 1 unspecified atom stereocenters. The van der Waals surface area contributed by atoms with Crippen molar-refractivity contribution in [1.29, 1.82) is 0 Å². The van der Waals surface area contributed by atoms with Gasteiger partial charge in [-0.15, -0.1) is 0 Å². The Bertz CT molecular complexity index is 2510. The number of fused-ring (bicyclic) bond motifs is 2. The van der Waals surface area contributed by atoms with Gasteiger partial charge in [0, 0.05) is 36.0 Å². The van der Waals surface area contributed by atoms with Gasteiger partial charge in [-0.25, -0.2) is 28.3 Å². The molecule has 17 heteroatoms. The molecule has 3 aliphatic heterocycles. The number of amides is 4. The van der Waals surface area contributed by atoms with Crippen LogP contribution < -0.4 is 15.5 Å². The first-order valence-electron chi connectivity index (χ1n) is 23.4. The Hall–Kier alpha value is -6.26. The fourth-order valence-corrected chi connectivity index (χ4v) is 10.3. The number of methoxy groups -OCH3 is 2. The third-order valence-electron chi connectivity index (χ3n) is 13.9. The number of carbonyl (C=O) groups is 4. The zero-order chi connectivity index (χ0) is 48.1. The van der Waals surface area contributed by atoms with Crippen LogP contribution in [0.2, 0.25) is 0 Å². The highest BCUT2D eigenvalue weighted by molar-refractivity contribution is 5.88. The van der Waals surface area contributed by atoms with Crippen molar-refractivity contribution in [2.75, 3.05) is 32.2 Å². The maximum atomic E-state index is 16.7. The summed E-state index contributed by atoms with van der Waals surface area (Å²) in [6.07, 6.45) is 2.42. The van der Waals surface area contributed by atoms with Crippen LogP contribution >= 0.6 is 0 Å². The molecular weight excluding hydrogens is 861 g/mol. The molecule has 5 heterocycles. The highest BCUT2D eigenvalue weighted by atomic mass is 19.1. The van der Waals surface area contributed by atoms with Crippen LogP contribution in [-0.2, 0) is 24.5 Å². The summed E-state index contributed by atoms with van der Waals surface area (Å²) in [6, 6.07) is 11.3. The number of nitrogens with one attached hydrogen (secondary N) is 4. The average Bonchev–Trinajstić information content (AvgIpc) is 4.15. The van der Waals surface area contributed by atoms with Gasteiger partial charge in [0.05, 0.1) is 60.5 Å². The van der Waals surface area contributed by atoms with Gasteiger partial charge in [0.1, 0.15) is 35.4 Å². The van der Waals surface area contributed by atoms with Crippen molar-refractivity contribution in [3.05, 3.63) is 88.5 Å². The number of imidazole rings is 2. The Morgan fingerprint density at radius 3 is 1.57 bits per heavy atom. The summed E-state index contributed by atoms with van der Waals surface area (Å²) >= 11 is 0. The Balaban J connectivity index is 1.12. The van der Waals surface area contributed by atoms with E-state index in [0.29, 0.717) is 83.6 Å². The lowest BCUT2D eigenvalue weighted by Gasteiger charge is -2.34. The number of nitrogens with zero attached hydrogens (tertiary/aromatic N) is 5. The predicted molar refractivity (Wildman–Crippen MR) is 250 cm³/mol. The van der Waals surface area contributed by atoms with Gasteiger partial charge >= 0.3 is 12.2 Å². The zero-order valence-corrected chi connectivity index (χ0v) is 39.8. The van der Waals surface area contributed by atoms with E-state index in [4.69, 9.17) is 19.4 Å². The molecule has 2 aromatic heterocycles. The van der Waals surface area contributed by atoms with E-state index in [9.17, 15) is 19.2 Å². The van der Waals surface area contributed by atoms with Crippen molar-refractivity contribution in [2.45, 2.75) is 129 Å². The molecule has 8 rings (SSSR count). The number of hydrogen-bond donors (Lipinski definition) is 4. The Morgan fingerprint density at radius 2 is 1.10 bits per heavy atom. The minimum atomic E-state index is -0.796. The monoisotopic (exact) mass is 923 g/mol. The summed E-state index contributed by atoms with van der Waals surface area (Å²) in [4.78, 5) is 74.1. The number of alkyl carbamates (subject to hydrolysis) is 2. The molecule has 3 aromatic carbocycles. The quantitative estimate of drug-likeness (QED) is 0.101. The second-order valence-corrected chi connectivity index (χ2v) is 19.9. The highest BCUT2D eigenvalue weighted by Crippen LogP contribution is 2.49. The van der Waals surface area contributed by atoms with Crippen LogP contribution in [0.1, 0.15) is 139 Å². The van der Waals surface area contributed by atoms with Gasteiger partial charge in [-0.3, -0.25) is 9.59 Å². The van der Waals surface area contributed by atoms with Crippen molar-refractivity contribution < 1.29 is 37.4 Å². The van der Waals surface area contributed by atoms with Gasteiger partial charge in [0.25, 0.3) is 0 Å². The summed E-state index contributed by atoms with van der Waals surface area (Å²) in [5.41, 5.74) is 4.75. The zero-order valence-electron chi connectivity index (χ0n) is 39.8. The van der Waals surface area contributed by atoms with Crippen LogP contribution in [-0.4, -0.2) is 93.1 Å². The van der Waals surface area contributed by atoms with E-state index in [0.717, 1.165) is 24.1 Å². The predicted octanol–water partition coefficient (Wildman–Crippen LogP) is 9.19. The summed E-state index contributed by atoms with van der Waals surface area (Å²) in [6.45, 7) is 14.8. The first-order chi connectivity index (χ1) is 31.9. The number of H-pyrrole nitrogens is 2. The molecule has 3 saturated heterocycles. The van der Waals surface area contributed by atoms with Crippen LogP contribution in [0.25, 0.3) is 22.1 Å². The van der Waals surface area contributed by atoms with E-state index >= 15 is 8.78 Å². The van der Waals surface area contributed by atoms with Crippen LogP contribution in [0.4, 0.5) is 24.1 Å². The second-order valence-electron chi connectivity index (χ2n) is 19.9. The molecule has 358 valence electrons. The van der Waals surface area contributed by atoms with Gasteiger partial charge in [0.15, 0.2) is 0 Å². The fraction of sp³-hybridized carbons (Fsp3) is 0.520. The molecule has 4 amide bonds. The lowest BCUT2D eigenvalue weighted by atomic mass is 9.87. The van der Waals surface area contributed by atoms with Gasteiger partial charge in [0.2, 0.25) is 11.8 Å². The van der Waals surface area contributed by atoms with Crippen molar-refractivity contribution in [3.8, 4) is 0 Å². The summed E-state index contributed by atoms with van der Waals surface area (Å²) in [7, 11) is 2.52. The molecule has 0 saturated carbocycles. The first-order valence-corrected chi connectivity index (χ1v) is 23.4. The van der Waals surface area contributed by atoms with E-state index in [-0.39, 0.29) is 29.1 Å². The topological polar surface area (TPSA) is 178 Å². The average molecular weight is 924 g/mol. The van der Waals surface area contributed by atoms with E-state index < -0.39 is 60.1 Å². The number of likely N-dealkylation sites (tertiary alicyclic amines) is 2. The second kappa shape index (κ2) is 18.8. The number of rotatable bonds is 11. The van der Waals surface area contributed by atoms with E-state index in [1.807, 2.05) is 39.8 Å². The van der Waals surface area contributed by atoms with E-state index in [1.165, 1.54) is 26.4 Å². The summed E-state index contributed by atoms with van der Waals surface area (Å²) in [5, 5.41) is 5.36. The third kappa shape index (κ3) is 9.25. The molecule has 0 aliphatic carbocycles. The molecule has 0 radical (unpaired) electrons. The van der Waals surface area contributed by atoms with Crippen molar-refractivity contribution in [3.63, 3.8) is 0 Å². The molecule has 0 spiro atoms. The van der Waals surface area contributed by atoms with Gasteiger partial charge in [-0.05, 0) is 91.7 Å². The maximum absolute atomic E-state index is 16.7. The number of carbonyl (C=O) groups excluding carboxylic acids is 4. The van der Waals surface area contributed by atoms with Gasteiger partial charge in [-0.2, -0.15) is 0 Å². The minimum absolute atomic E-state index is 0.118. The maximum Gasteiger partial charge on any atom is 0.407 e. The number of hydrogen-bond acceptors (Lipinski definition) is 9. The van der Waals surface area contributed by atoms with Crippen LogP contribution in [0.3, 0.4) is 0 Å². The largest absolute Gasteiger partial charge is 0.453 e. The normalized spacial score (nSPS) is 20.9. The molecule has 0 bridgehead atoms. The van der Waals surface area contributed by atoms with Gasteiger partial charge < -0.3 is 44.8 Å². The van der Waals surface area contributed by atoms with Gasteiger partial charge in [-0.1, -0.05) is 60.6 Å². The van der Waals surface area contributed by atoms with E-state index in [1.54, 1.807) is 21.9 Å². The Morgan fingerprint density at radius 1 is 0.657 bits per heavy atom. The number of aromatic amines is 2. The molecule has 3 aliphatic rings. The van der Waals surface area contributed by atoms with Crippen molar-refractivity contribution >= 4 is 51.8 Å². The lowest BCUT2D eigenvalue weighted by Crippen LogP contribution is -2.51. The Kier molecular flexibility index (Phi) is 13.2. The summed E-state index contributed by atoms with van der Waals surface area (Å²) in [5.74, 6) is -0.678. The van der Waals surface area contributed by atoms with Crippen LogP contribution in [0.15, 0.2) is 48.5 Å². The molecule has 15 nitrogen and oxygen atoms in total. The number of ether oxygens (including phenoxy) is 2. The van der Waals surface area contributed by atoms with E-state index in [2.05, 4.69) is 58.4 Å². The van der Waals surface area contributed by atoms with Crippen LogP contribution in [0.5, 0.6) is 0 Å². The minimum Gasteiger partial charge on any atom is -0.453 e. The molecule has 6 atom stereocenters. The third-order valence-corrected chi connectivity index (χ3v) is 13.9. The molecule has 5 aromatic rings. The molecule has 4 N–H and O–H groups in total. The smallest absolute Gasteiger partial charge is 0.407 e. The van der Waals surface area contributed by atoms with Crippen LogP contribution in [0, 0.1) is 23.5 Å². The van der Waals surface area contributed by atoms with Crippen molar-refractivity contribution in [1.82, 2.24) is 40.4 Å². The number of halogens is 2. The standard InChI is InChI=1S/C50H63F2N9O6/c1-26(2)42(57-48(64)66-8)46(62)59-20-10-12-40(59)44-53-34-22-30(32(51)24-36(34)55-44)38-18-19-39(61(38)29-16-14-28(15-17-29)50(5,6)7)31-23-35-37(25-33(31)52)56-45(54-35)41-13-11-21-60(41)47(63)43(27(3)4)58-49(65)67-9/h14-17,22-27,38-43H,10-13,18-21H2,1-9H3,(H,53,55)(H,54,56)(H,57,64)(H,58,65)/t38-,39?,40+,41+,42+,43+/m1/s1. The summed E-state index contributed by atoms with van der Waals surface area (Å²) < 4.78 is 43.0. The first kappa shape index (κ1) is 47.2. The highest BCUT2D eigenvalue weighted by Gasteiger charge is 2.42. The molecule has 3 fully saturated rings. The number of aromatic nitrogens is 4.